The van der Waals surface area contributed by atoms with E-state index in [2.05, 4.69) is 26.0 Å². The Balaban J connectivity index is 1.38. The van der Waals surface area contributed by atoms with Gasteiger partial charge in [0.25, 0.3) is 0 Å². The number of benzene rings is 1. The number of fused-ring (bicyclic) bond motifs is 1. The molecule has 0 radical (unpaired) electrons. The minimum atomic E-state index is -0.788. The van der Waals surface area contributed by atoms with Gasteiger partial charge in [0.15, 0.2) is 5.79 Å². The maximum Gasteiger partial charge on any atom is 0.307 e. The Labute approximate surface area is 225 Å². The minimum Gasteiger partial charge on any atom is -0.481 e. The summed E-state index contributed by atoms with van der Waals surface area (Å²) in [5, 5.41) is 8.95. The van der Waals surface area contributed by atoms with Crippen molar-refractivity contribution >= 4 is 5.97 Å². The van der Waals surface area contributed by atoms with E-state index in [1.807, 2.05) is 26.0 Å². The third-order valence-electron chi connectivity index (χ3n) is 8.09. The van der Waals surface area contributed by atoms with Crippen LogP contribution < -0.4 is 0 Å². The van der Waals surface area contributed by atoms with Gasteiger partial charge in [-0.2, -0.15) is 0 Å². The molecular weight excluding hydrogens is 464 g/mol. The summed E-state index contributed by atoms with van der Waals surface area (Å²) in [5.74, 6) is -0.927. The van der Waals surface area contributed by atoms with Crippen LogP contribution in [0.15, 0.2) is 24.3 Å². The Bertz CT molecular complexity index is 789. The van der Waals surface area contributed by atoms with Crippen molar-refractivity contribution < 1.29 is 24.1 Å². The van der Waals surface area contributed by atoms with E-state index in [4.69, 9.17) is 19.3 Å². The Morgan fingerprint density at radius 3 is 2.05 bits per heavy atom. The number of carboxylic acid groups (broad SMARTS) is 1. The van der Waals surface area contributed by atoms with Crippen LogP contribution in [0.5, 0.6) is 0 Å². The second kappa shape index (κ2) is 15.2. The molecule has 2 heterocycles. The zero-order valence-electron chi connectivity index (χ0n) is 23.9. The van der Waals surface area contributed by atoms with E-state index in [1.165, 1.54) is 69.8 Å². The lowest BCUT2D eigenvalue weighted by molar-refractivity contribution is -0.192. The second-order valence-electron chi connectivity index (χ2n) is 11.9. The number of aryl methyl sites for hydroxylation is 1. The van der Waals surface area contributed by atoms with Gasteiger partial charge in [0.2, 0.25) is 0 Å². The summed E-state index contributed by atoms with van der Waals surface area (Å²) in [7, 11) is 0. The van der Waals surface area contributed by atoms with Gasteiger partial charge in [0, 0.05) is 0 Å². The maximum atomic E-state index is 10.9. The van der Waals surface area contributed by atoms with Crippen molar-refractivity contribution in [3.63, 3.8) is 0 Å². The van der Waals surface area contributed by atoms with Crippen LogP contribution in [0.1, 0.15) is 122 Å². The molecular formula is C32H52O5. The smallest absolute Gasteiger partial charge is 0.307 e. The highest BCUT2D eigenvalue weighted by Gasteiger charge is 2.55. The molecule has 0 aromatic heterocycles. The quantitative estimate of drug-likeness (QED) is 0.201. The van der Waals surface area contributed by atoms with E-state index in [-0.39, 0.29) is 30.8 Å². The molecule has 37 heavy (non-hydrogen) atoms. The molecule has 210 valence electrons. The Morgan fingerprint density at radius 2 is 1.43 bits per heavy atom. The van der Waals surface area contributed by atoms with Crippen LogP contribution in [0.4, 0.5) is 0 Å². The molecule has 0 bridgehead atoms. The summed E-state index contributed by atoms with van der Waals surface area (Å²) >= 11 is 0. The summed E-state index contributed by atoms with van der Waals surface area (Å²) in [6, 6.07) is 7.98. The van der Waals surface area contributed by atoms with Gasteiger partial charge in [-0.3, -0.25) is 4.79 Å². The molecule has 5 atom stereocenters. The van der Waals surface area contributed by atoms with E-state index >= 15 is 0 Å². The standard InChI is InChI=1S/C32H52O5/c1-5-6-7-8-9-10-11-12-13-14-18-27-30-31(37-32(3,4)36-30)29(35-27)24(2)16-15-17-25-19-21-26(22-20-25)23-28(33)34/h19-22,24,27,29-31H,5-18,23H2,1-4H3,(H,33,34)/t24-,27-,29?,30-,31+/m1/s1. The monoisotopic (exact) mass is 516 g/mol. The van der Waals surface area contributed by atoms with Gasteiger partial charge in [0.05, 0.1) is 18.6 Å². The third-order valence-corrected chi connectivity index (χ3v) is 8.09. The van der Waals surface area contributed by atoms with Crippen LogP contribution in [-0.4, -0.2) is 41.3 Å². The van der Waals surface area contributed by atoms with Crippen LogP contribution in [0.2, 0.25) is 0 Å². The summed E-state index contributed by atoms with van der Waals surface area (Å²) in [6.07, 6.45) is 18.0. The highest BCUT2D eigenvalue weighted by atomic mass is 16.8. The SMILES string of the molecule is CCCCCCCCCCCC[C@H]1OC([C@H](C)CCCc2ccc(CC(=O)O)cc2)[C@@H]2OC(C)(C)O[C@H]12. The first-order valence-electron chi connectivity index (χ1n) is 15.1. The molecule has 2 aliphatic rings. The van der Waals surface area contributed by atoms with Gasteiger partial charge >= 0.3 is 5.97 Å². The zero-order valence-corrected chi connectivity index (χ0v) is 23.9. The summed E-state index contributed by atoms with van der Waals surface area (Å²) in [4.78, 5) is 10.9. The zero-order chi connectivity index (χ0) is 26.7. The highest BCUT2D eigenvalue weighted by molar-refractivity contribution is 5.70. The minimum absolute atomic E-state index is 0.0217. The van der Waals surface area contributed by atoms with Crippen molar-refractivity contribution in [1.82, 2.24) is 0 Å². The fraction of sp³-hybridized carbons (Fsp3) is 0.781. The molecule has 2 aliphatic heterocycles. The van der Waals surface area contributed by atoms with Crippen molar-refractivity contribution in [2.45, 2.75) is 154 Å². The Kier molecular flexibility index (Phi) is 12.4. The average molecular weight is 517 g/mol. The Hall–Kier alpha value is -1.43. The van der Waals surface area contributed by atoms with Crippen LogP contribution in [-0.2, 0) is 31.8 Å². The molecule has 3 rings (SSSR count). The number of aliphatic carboxylic acids is 1. The van der Waals surface area contributed by atoms with E-state index in [0.29, 0.717) is 5.92 Å². The lowest BCUT2D eigenvalue weighted by atomic mass is 9.91. The predicted molar refractivity (Wildman–Crippen MR) is 149 cm³/mol. The largest absolute Gasteiger partial charge is 0.481 e. The summed E-state index contributed by atoms with van der Waals surface area (Å²) in [6.45, 7) is 8.62. The third kappa shape index (κ3) is 10.00. The Morgan fingerprint density at radius 1 is 0.865 bits per heavy atom. The first-order valence-corrected chi connectivity index (χ1v) is 15.1. The van der Waals surface area contributed by atoms with Crippen molar-refractivity contribution in [1.29, 1.82) is 0 Å². The van der Waals surface area contributed by atoms with Crippen LogP contribution in [0.25, 0.3) is 0 Å². The van der Waals surface area contributed by atoms with Crippen LogP contribution in [0, 0.1) is 5.92 Å². The average Bonchev–Trinajstić information content (AvgIpc) is 3.34. The molecule has 0 amide bonds. The molecule has 1 unspecified atom stereocenters. The molecule has 1 N–H and O–H groups in total. The number of hydrogen-bond donors (Lipinski definition) is 1. The molecule has 2 saturated heterocycles. The topological polar surface area (TPSA) is 65.0 Å². The van der Waals surface area contributed by atoms with Crippen LogP contribution >= 0.6 is 0 Å². The van der Waals surface area contributed by atoms with E-state index in [1.54, 1.807) is 0 Å². The maximum absolute atomic E-state index is 10.9. The van der Waals surface area contributed by atoms with Gasteiger partial charge in [0.1, 0.15) is 12.2 Å². The van der Waals surface area contributed by atoms with E-state index in [0.717, 1.165) is 31.2 Å². The van der Waals surface area contributed by atoms with Gasteiger partial charge in [-0.15, -0.1) is 0 Å². The number of rotatable bonds is 18. The number of hydrogen-bond acceptors (Lipinski definition) is 4. The van der Waals surface area contributed by atoms with Gasteiger partial charge in [-0.1, -0.05) is 102 Å². The van der Waals surface area contributed by atoms with Crippen molar-refractivity contribution in [3.05, 3.63) is 35.4 Å². The predicted octanol–water partition coefficient (Wildman–Crippen LogP) is 7.87. The summed E-state index contributed by atoms with van der Waals surface area (Å²) in [5.41, 5.74) is 2.11. The lowest BCUT2D eigenvalue weighted by Gasteiger charge is -2.27. The summed E-state index contributed by atoms with van der Waals surface area (Å²) < 4.78 is 19.3. The van der Waals surface area contributed by atoms with E-state index < -0.39 is 11.8 Å². The van der Waals surface area contributed by atoms with Gasteiger partial charge in [-0.25, -0.2) is 0 Å². The number of ether oxygens (including phenoxy) is 3. The molecule has 5 nitrogen and oxygen atoms in total. The van der Waals surface area contributed by atoms with Gasteiger partial charge < -0.3 is 19.3 Å². The molecule has 0 spiro atoms. The normalized spacial score (nSPS) is 25.3. The van der Waals surface area contributed by atoms with Gasteiger partial charge in [-0.05, 0) is 56.6 Å². The first kappa shape index (κ1) is 30.1. The fourth-order valence-corrected chi connectivity index (χ4v) is 6.03. The number of unbranched alkanes of at least 4 members (excludes halogenated alkanes) is 9. The number of carbonyl (C=O) groups is 1. The highest BCUT2D eigenvalue weighted by Crippen LogP contribution is 2.43. The number of carboxylic acids is 1. The fourth-order valence-electron chi connectivity index (χ4n) is 6.03. The van der Waals surface area contributed by atoms with Crippen molar-refractivity contribution in [2.75, 3.05) is 0 Å². The molecule has 0 saturated carbocycles. The first-order chi connectivity index (χ1) is 17.8. The molecule has 5 heteroatoms. The molecule has 1 aromatic carbocycles. The van der Waals surface area contributed by atoms with Crippen molar-refractivity contribution in [2.24, 2.45) is 5.92 Å². The van der Waals surface area contributed by atoms with E-state index in [9.17, 15) is 4.79 Å². The molecule has 1 aromatic rings. The van der Waals surface area contributed by atoms with Crippen LogP contribution in [0.3, 0.4) is 0 Å². The molecule has 0 aliphatic carbocycles. The lowest BCUT2D eigenvalue weighted by Crippen LogP contribution is -2.34. The molecule has 2 fully saturated rings. The second-order valence-corrected chi connectivity index (χ2v) is 11.9. The van der Waals surface area contributed by atoms with Crippen molar-refractivity contribution in [3.8, 4) is 0 Å².